The summed E-state index contributed by atoms with van der Waals surface area (Å²) in [6.07, 6.45) is -3.66. The summed E-state index contributed by atoms with van der Waals surface area (Å²) in [5.74, 6) is 0. The Kier molecular flexibility index (Phi) is 4.67. The van der Waals surface area contributed by atoms with Crippen molar-refractivity contribution in [1.82, 2.24) is 4.90 Å². The van der Waals surface area contributed by atoms with E-state index >= 15 is 0 Å². The zero-order valence-electron chi connectivity index (χ0n) is 11.4. The van der Waals surface area contributed by atoms with Crippen LogP contribution in [-0.4, -0.2) is 37.7 Å². The number of hydrogen-bond donors (Lipinski definition) is 1. The van der Waals surface area contributed by atoms with E-state index in [9.17, 15) is 13.2 Å². The molecule has 0 amide bonds. The number of hydrogen-bond acceptors (Lipinski definition) is 3. The molecule has 3 nitrogen and oxygen atoms in total. The van der Waals surface area contributed by atoms with E-state index in [2.05, 4.69) is 0 Å². The van der Waals surface area contributed by atoms with E-state index in [1.54, 1.807) is 13.2 Å². The molecular formula is C14H19F3N2O. The van der Waals surface area contributed by atoms with Crippen molar-refractivity contribution in [1.29, 1.82) is 0 Å². The van der Waals surface area contributed by atoms with Crippen molar-refractivity contribution >= 4 is 0 Å². The van der Waals surface area contributed by atoms with Crippen LogP contribution in [0.2, 0.25) is 0 Å². The molecule has 2 rings (SSSR count). The lowest BCUT2D eigenvalue weighted by atomic mass is 9.95. The van der Waals surface area contributed by atoms with Crippen LogP contribution in [0.25, 0.3) is 0 Å². The van der Waals surface area contributed by atoms with Gasteiger partial charge in [-0.2, -0.15) is 13.2 Å². The van der Waals surface area contributed by atoms with Gasteiger partial charge in [-0.15, -0.1) is 0 Å². The first-order chi connectivity index (χ1) is 9.45. The highest BCUT2D eigenvalue weighted by atomic mass is 19.4. The van der Waals surface area contributed by atoms with Crippen LogP contribution in [0.5, 0.6) is 0 Å². The van der Waals surface area contributed by atoms with Crippen molar-refractivity contribution < 1.29 is 17.9 Å². The average molecular weight is 288 g/mol. The molecule has 2 N–H and O–H groups in total. The van der Waals surface area contributed by atoms with Crippen LogP contribution < -0.4 is 5.73 Å². The third-order valence-electron chi connectivity index (χ3n) is 3.72. The van der Waals surface area contributed by atoms with E-state index in [1.807, 2.05) is 4.90 Å². The van der Waals surface area contributed by atoms with Gasteiger partial charge >= 0.3 is 6.18 Å². The van der Waals surface area contributed by atoms with E-state index in [1.165, 1.54) is 12.1 Å². The van der Waals surface area contributed by atoms with Gasteiger partial charge in [-0.1, -0.05) is 18.2 Å². The first kappa shape index (κ1) is 15.3. The standard InChI is InChI=1S/C14H19F3N2O/c1-20-9-8-19-7-6-12(18)13(19)10-4-2-3-5-11(10)14(15,16)17/h2-5,12-13H,6-9,18H2,1H3. The molecule has 1 aromatic rings. The van der Waals surface area contributed by atoms with Crippen LogP contribution >= 0.6 is 0 Å². The third-order valence-corrected chi connectivity index (χ3v) is 3.72. The minimum Gasteiger partial charge on any atom is -0.383 e. The van der Waals surface area contributed by atoms with E-state index in [4.69, 9.17) is 10.5 Å². The van der Waals surface area contributed by atoms with E-state index in [-0.39, 0.29) is 11.6 Å². The fourth-order valence-corrected chi connectivity index (χ4v) is 2.78. The summed E-state index contributed by atoms with van der Waals surface area (Å²) < 4.78 is 44.4. The van der Waals surface area contributed by atoms with Crippen LogP contribution in [0.4, 0.5) is 13.2 Å². The lowest BCUT2D eigenvalue weighted by Gasteiger charge is -2.29. The molecule has 0 saturated carbocycles. The Morgan fingerprint density at radius 2 is 2.05 bits per heavy atom. The predicted molar refractivity (Wildman–Crippen MR) is 70.2 cm³/mol. The number of nitrogens with zero attached hydrogens (tertiary/aromatic N) is 1. The molecule has 6 heteroatoms. The summed E-state index contributed by atoms with van der Waals surface area (Å²) in [5.41, 5.74) is 5.71. The molecule has 0 aliphatic carbocycles. The fraction of sp³-hybridized carbons (Fsp3) is 0.571. The number of alkyl halides is 3. The molecule has 20 heavy (non-hydrogen) atoms. The van der Waals surface area contributed by atoms with Crippen LogP contribution in [0, 0.1) is 0 Å². The molecule has 2 unspecified atom stereocenters. The lowest BCUT2D eigenvalue weighted by Crippen LogP contribution is -2.35. The molecule has 0 radical (unpaired) electrons. The Hall–Kier alpha value is -1.11. The second-order valence-corrected chi connectivity index (χ2v) is 5.01. The Morgan fingerprint density at radius 3 is 2.70 bits per heavy atom. The maximum Gasteiger partial charge on any atom is 0.416 e. The Balaban J connectivity index is 2.33. The molecule has 0 bridgehead atoms. The third kappa shape index (κ3) is 3.13. The van der Waals surface area contributed by atoms with Gasteiger partial charge in [-0.05, 0) is 18.1 Å². The second kappa shape index (κ2) is 6.11. The molecule has 112 valence electrons. The number of benzene rings is 1. The summed E-state index contributed by atoms with van der Waals surface area (Å²) in [5, 5.41) is 0. The average Bonchev–Trinajstić information content (AvgIpc) is 2.76. The van der Waals surface area contributed by atoms with Gasteiger partial charge < -0.3 is 10.5 Å². The molecule has 1 aromatic carbocycles. The minimum atomic E-state index is -4.36. The van der Waals surface area contributed by atoms with E-state index < -0.39 is 17.8 Å². The van der Waals surface area contributed by atoms with Gasteiger partial charge in [-0.3, -0.25) is 4.90 Å². The van der Waals surface area contributed by atoms with Crippen LogP contribution in [0.1, 0.15) is 23.6 Å². The quantitative estimate of drug-likeness (QED) is 0.924. The number of methoxy groups -OCH3 is 1. The predicted octanol–water partition coefficient (Wildman–Crippen LogP) is 2.43. The second-order valence-electron chi connectivity index (χ2n) is 5.01. The number of rotatable bonds is 4. The van der Waals surface area contributed by atoms with Gasteiger partial charge in [-0.25, -0.2) is 0 Å². The zero-order valence-corrected chi connectivity index (χ0v) is 11.4. The largest absolute Gasteiger partial charge is 0.416 e. The summed E-state index contributed by atoms with van der Waals surface area (Å²) in [7, 11) is 1.58. The molecule has 1 aliphatic heterocycles. The van der Waals surface area contributed by atoms with Crippen molar-refractivity contribution in [2.24, 2.45) is 5.73 Å². The Labute approximate surface area is 116 Å². The smallest absolute Gasteiger partial charge is 0.383 e. The first-order valence-corrected chi connectivity index (χ1v) is 6.60. The van der Waals surface area contributed by atoms with Crippen LogP contribution in [0.15, 0.2) is 24.3 Å². The van der Waals surface area contributed by atoms with Gasteiger partial charge in [0.15, 0.2) is 0 Å². The maximum absolute atomic E-state index is 13.1. The zero-order chi connectivity index (χ0) is 14.8. The lowest BCUT2D eigenvalue weighted by molar-refractivity contribution is -0.138. The molecular weight excluding hydrogens is 269 g/mol. The van der Waals surface area contributed by atoms with Crippen molar-refractivity contribution in [3.8, 4) is 0 Å². The van der Waals surface area contributed by atoms with Crippen molar-refractivity contribution in [3.05, 3.63) is 35.4 Å². The van der Waals surface area contributed by atoms with Crippen molar-refractivity contribution in [2.45, 2.75) is 24.7 Å². The van der Waals surface area contributed by atoms with Crippen molar-refractivity contribution in [2.75, 3.05) is 26.8 Å². The monoisotopic (exact) mass is 288 g/mol. The summed E-state index contributed by atoms with van der Waals surface area (Å²) in [6, 6.07) is 5.00. The van der Waals surface area contributed by atoms with Crippen LogP contribution in [-0.2, 0) is 10.9 Å². The topological polar surface area (TPSA) is 38.5 Å². The Morgan fingerprint density at radius 1 is 1.35 bits per heavy atom. The molecule has 2 atom stereocenters. The first-order valence-electron chi connectivity index (χ1n) is 6.60. The Bertz CT molecular complexity index is 450. The molecule has 0 aromatic heterocycles. The van der Waals surface area contributed by atoms with Gasteiger partial charge in [0.05, 0.1) is 18.2 Å². The highest BCUT2D eigenvalue weighted by molar-refractivity contribution is 5.34. The summed E-state index contributed by atoms with van der Waals surface area (Å²) >= 11 is 0. The molecule has 1 heterocycles. The van der Waals surface area contributed by atoms with Crippen molar-refractivity contribution in [3.63, 3.8) is 0 Å². The van der Waals surface area contributed by atoms with Gasteiger partial charge in [0.1, 0.15) is 0 Å². The molecule has 1 aliphatic rings. The van der Waals surface area contributed by atoms with Gasteiger partial charge in [0.2, 0.25) is 0 Å². The minimum absolute atomic E-state index is 0.265. The van der Waals surface area contributed by atoms with Crippen LogP contribution in [0.3, 0.4) is 0 Å². The molecule has 1 saturated heterocycles. The van der Waals surface area contributed by atoms with E-state index in [0.717, 1.165) is 6.07 Å². The molecule has 0 spiro atoms. The van der Waals surface area contributed by atoms with E-state index in [0.29, 0.717) is 26.1 Å². The highest BCUT2D eigenvalue weighted by Crippen LogP contribution is 2.39. The molecule has 1 fully saturated rings. The normalized spacial score (nSPS) is 24.2. The maximum atomic E-state index is 13.1. The highest BCUT2D eigenvalue weighted by Gasteiger charge is 2.40. The fourth-order valence-electron chi connectivity index (χ4n) is 2.78. The number of likely N-dealkylation sites (tertiary alicyclic amines) is 1. The SMILES string of the molecule is COCCN1CCC(N)C1c1ccccc1C(F)(F)F. The number of ether oxygens (including phenoxy) is 1. The van der Waals surface area contributed by atoms with Gasteiger partial charge in [0, 0.05) is 26.2 Å². The summed E-state index contributed by atoms with van der Waals surface area (Å²) in [6.45, 7) is 1.76. The van der Waals surface area contributed by atoms with Gasteiger partial charge in [0.25, 0.3) is 0 Å². The number of halogens is 3. The summed E-state index contributed by atoms with van der Waals surface area (Å²) in [4.78, 5) is 1.97. The number of nitrogens with two attached hydrogens (primary N) is 1.